The Bertz CT molecular complexity index is 463. The molecule has 1 nitrogen and oxygen atoms in total. The fourth-order valence-electron chi connectivity index (χ4n) is 2.28. The molecule has 0 fully saturated rings. The van der Waals surface area contributed by atoms with Gasteiger partial charge >= 0.3 is 0 Å². The van der Waals surface area contributed by atoms with Crippen molar-refractivity contribution in [2.75, 3.05) is 6.54 Å². The van der Waals surface area contributed by atoms with Gasteiger partial charge in [-0.25, -0.2) is 0 Å². The van der Waals surface area contributed by atoms with Gasteiger partial charge in [-0.05, 0) is 41.8 Å². The molecule has 0 amide bonds. The molecule has 0 spiro atoms. The maximum atomic E-state index is 3.66. The standard InChI is InChI=1S/C12H13NS2.ClH/c1-12(11-3-2-7-15-11)9-5-8-14-10(9)4-6-13-12;/h2-3,5,7-8,13H,4,6H2,1H3;1H. The van der Waals surface area contributed by atoms with Gasteiger partial charge in [0.15, 0.2) is 0 Å². The topological polar surface area (TPSA) is 12.0 Å². The molecule has 86 valence electrons. The molecule has 1 N–H and O–H groups in total. The maximum Gasteiger partial charge on any atom is 0.0766 e. The van der Waals surface area contributed by atoms with Gasteiger partial charge in [0, 0.05) is 16.3 Å². The normalized spacial score (nSPS) is 23.6. The largest absolute Gasteiger partial charge is 0.303 e. The monoisotopic (exact) mass is 271 g/mol. The van der Waals surface area contributed by atoms with Crippen LogP contribution in [0.2, 0.25) is 0 Å². The maximum absolute atomic E-state index is 3.66. The van der Waals surface area contributed by atoms with Gasteiger partial charge < -0.3 is 5.32 Å². The molecule has 2 aromatic heterocycles. The third-order valence-electron chi connectivity index (χ3n) is 3.13. The third kappa shape index (κ3) is 1.72. The molecular weight excluding hydrogens is 258 g/mol. The van der Waals surface area contributed by atoms with E-state index >= 15 is 0 Å². The molecule has 3 heterocycles. The van der Waals surface area contributed by atoms with Crippen molar-refractivity contribution < 1.29 is 0 Å². The van der Waals surface area contributed by atoms with Crippen LogP contribution in [0.1, 0.15) is 22.2 Å². The van der Waals surface area contributed by atoms with E-state index < -0.39 is 0 Å². The van der Waals surface area contributed by atoms with E-state index in [1.54, 1.807) is 4.88 Å². The van der Waals surface area contributed by atoms with Gasteiger partial charge in [-0.1, -0.05) is 6.07 Å². The molecule has 1 aliphatic rings. The van der Waals surface area contributed by atoms with Crippen LogP contribution in [0, 0.1) is 0 Å². The Morgan fingerprint density at radius 2 is 2.12 bits per heavy atom. The van der Waals surface area contributed by atoms with Gasteiger partial charge in [0.05, 0.1) is 5.54 Å². The number of hydrogen-bond donors (Lipinski definition) is 1. The summed E-state index contributed by atoms with van der Waals surface area (Å²) in [7, 11) is 0. The lowest BCUT2D eigenvalue weighted by molar-refractivity contribution is 0.426. The van der Waals surface area contributed by atoms with Gasteiger partial charge in [-0.15, -0.1) is 35.1 Å². The van der Waals surface area contributed by atoms with Crippen LogP contribution in [-0.4, -0.2) is 6.54 Å². The fraction of sp³-hybridized carbons (Fsp3) is 0.333. The lowest BCUT2D eigenvalue weighted by Gasteiger charge is -2.34. The Morgan fingerprint density at radius 1 is 1.25 bits per heavy atom. The van der Waals surface area contributed by atoms with Crippen molar-refractivity contribution in [3.63, 3.8) is 0 Å². The number of halogens is 1. The Kier molecular flexibility index (Phi) is 3.40. The minimum Gasteiger partial charge on any atom is -0.303 e. The molecule has 1 unspecified atom stereocenters. The molecule has 2 aromatic rings. The lowest BCUT2D eigenvalue weighted by atomic mass is 9.87. The second-order valence-corrected chi connectivity index (χ2v) is 5.98. The van der Waals surface area contributed by atoms with Crippen LogP contribution in [0.15, 0.2) is 29.0 Å². The second kappa shape index (κ2) is 4.49. The number of thiophene rings is 2. The third-order valence-corrected chi connectivity index (χ3v) is 5.20. The summed E-state index contributed by atoms with van der Waals surface area (Å²) in [5.41, 5.74) is 1.52. The Hall–Kier alpha value is -0.350. The second-order valence-electron chi connectivity index (χ2n) is 4.04. The fourth-order valence-corrected chi connectivity index (χ4v) is 4.15. The first kappa shape index (κ1) is 12.1. The average molecular weight is 272 g/mol. The quantitative estimate of drug-likeness (QED) is 0.835. The van der Waals surface area contributed by atoms with Gasteiger partial charge in [-0.3, -0.25) is 0 Å². The highest BCUT2D eigenvalue weighted by molar-refractivity contribution is 7.10. The zero-order chi connectivity index (χ0) is 10.3. The first-order valence-electron chi connectivity index (χ1n) is 5.16. The first-order chi connectivity index (χ1) is 7.31. The zero-order valence-corrected chi connectivity index (χ0v) is 11.5. The summed E-state index contributed by atoms with van der Waals surface area (Å²) in [5.74, 6) is 0. The van der Waals surface area contributed by atoms with Crippen molar-refractivity contribution >= 4 is 35.1 Å². The Balaban J connectivity index is 0.000000963. The molecule has 16 heavy (non-hydrogen) atoms. The van der Waals surface area contributed by atoms with Crippen molar-refractivity contribution in [1.29, 1.82) is 0 Å². The predicted octanol–water partition coefficient (Wildman–Crippen LogP) is 3.64. The van der Waals surface area contributed by atoms with Crippen molar-refractivity contribution in [3.8, 4) is 0 Å². The van der Waals surface area contributed by atoms with E-state index in [2.05, 4.69) is 41.2 Å². The summed E-state index contributed by atoms with van der Waals surface area (Å²) in [6, 6.07) is 6.63. The summed E-state index contributed by atoms with van der Waals surface area (Å²) in [4.78, 5) is 2.96. The van der Waals surface area contributed by atoms with Crippen molar-refractivity contribution in [3.05, 3.63) is 44.3 Å². The summed E-state index contributed by atoms with van der Waals surface area (Å²) < 4.78 is 0. The molecule has 0 saturated carbocycles. The van der Waals surface area contributed by atoms with E-state index in [1.807, 2.05) is 22.7 Å². The van der Waals surface area contributed by atoms with Crippen LogP contribution in [0.25, 0.3) is 0 Å². The Labute approximate surface area is 110 Å². The molecule has 0 radical (unpaired) electrons. The van der Waals surface area contributed by atoms with Crippen LogP contribution in [-0.2, 0) is 12.0 Å². The van der Waals surface area contributed by atoms with Crippen LogP contribution in [0.4, 0.5) is 0 Å². The van der Waals surface area contributed by atoms with E-state index in [9.17, 15) is 0 Å². The summed E-state index contributed by atoms with van der Waals surface area (Å²) >= 11 is 3.73. The highest BCUT2D eigenvalue weighted by atomic mass is 35.5. The molecule has 1 atom stereocenters. The SMILES string of the molecule is CC1(c2cccs2)NCCc2sccc21.Cl. The van der Waals surface area contributed by atoms with Gasteiger partial charge in [0.2, 0.25) is 0 Å². The summed E-state index contributed by atoms with van der Waals surface area (Å²) in [6.07, 6.45) is 1.17. The molecular formula is C12H14ClNS2. The van der Waals surface area contributed by atoms with E-state index in [0.717, 1.165) is 6.54 Å². The van der Waals surface area contributed by atoms with Gasteiger partial charge in [0.25, 0.3) is 0 Å². The molecule has 1 aliphatic heterocycles. The highest BCUT2D eigenvalue weighted by Gasteiger charge is 2.34. The number of rotatable bonds is 1. The molecule has 0 aromatic carbocycles. The van der Waals surface area contributed by atoms with Crippen LogP contribution >= 0.6 is 35.1 Å². The Morgan fingerprint density at radius 3 is 2.88 bits per heavy atom. The lowest BCUT2D eigenvalue weighted by Crippen LogP contribution is -2.44. The van der Waals surface area contributed by atoms with Crippen LogP contribution in [0.5, 0.6) is 0 Å². The highest BCUT2D eigenvalue weighted by Crippen LogP contribution is 2.38. The predicted molar refractivity (Wildman–Crippen MR) is 74.0 cm³/mol. The van der Waals surface area contributed by atoms with Crippen molar-refractivity contribution in [2.45, 2.75) is 18.9 Å². The van der Waals surface area contributed by atoms with E-state index in [4.69, 9.17) is 0 Å². The minimum absolute atomic E-state index is 0. The van der Waals surface area contributed by atoms with Crippen LogP contribution in [0.3, 0.4) is 0 Å². The number of fused-ring (bicyclic) bond motifs is 1. The molecule has 3 rings (SSSR count). The van der Waals surface area contributed by atoms with Gasteiger partial charge in [0.1, 0.15) is 0 Å². The first-order valence-corrected chi connectivity index (χ1v) is 6.92. The average Bonchev–Trinajstić information content (AvgIpc) is 2.89. The molecule has 0 bridgehead atoms. The zero-order valence-electron chi connectivity index (χ0n) is 9.03. The number of hydrogen-bond acceptors (Lipinski definition) is 3. The molecule has 0 saturated heterocycles. The minimum atomic E-state index is 0. The van der Waals surface area contributed by atoms with Gasteiger partial charge in [-0.2, -0.15) is 0 Å². The van der Waals surface area contributed by atoms with E-state index in [1.165, 1.54) is 16.9 Å². The van der Waals surface area contributed by atoms with E-state index in [-0.39, 0.29) is 17.9 Å². The van der Waals surface area contributed by atoms with E-state index in [0.29, 0.717) is 0 Å². The summed E-state index contributed by atoms with van der Waals surface area (Å²) in [6.45, 7) is 3.38. The molecule has 0 aliphatic carbocycles. The van der Waals surface area contributed by atoms with Crippen LogP contribution < -0.4 is 5.32 Å². The number of nitrogens with one attached hydrogen (secondary N) is 1. The summed E-state index contributed by atoms with van der Waals surface area (Å²) in [5, 5.41) is 8.02. The molecule has 4 heteroatoms. The van der Waals surface area contributed by atoms with Crippen molar-refractivity contribution in [1.82, 2.24) is 5.32 Å². The smallest absolute Gasteiger partial charge is 0.0766 e. The van der Waals surface area contributed by atoms with Crippen molar-refractivity contribution in [2.24, 2.45) is 0 Å².